The molecule has 2 aliphatic rings. The molecule has 2 heterocycles. The maximum atomic E-state index is 2.35. The zero-order valence-corrected chi connectivity index (χ0v) is 12.5. The molecule has 0 N–H and O–H groups in total. The van der Waals surface area contributed by atoms with Crippen LogP contribution in [0.15, 0.2) is 24.3 Å². The lowest BCUT2D eigenvalue weighted by atomic mass is 10.2. The molecule has 0 bridgehead atoms. The molecule has 0 saturated heterocycles. The Hall–Kier alpha value is -1.84. The topological polar surface area (TPSA) is 12.5 Å². The van der Waals surface area contributed by atoms with Gasteiger partial charge in [0.15, 0.2) is 0 Å². The molecule has 3 rings (SSSR count). The van der Waals surface area contributed by atoms with Gasteiger partial charge >= 0.3 is 0 Å². The van der Waals surface area contributed by atoms with Crippen molar-refractivity contribution in [3.63, 3.8) is 0 Å². The molecular formula is C16H24N4+2. The molecule has 4 heteroatoms. The predicted octanol–water partition coefficient (Wildman–Crippen LogP) is 1.45. The van der Waals surface area contributed by atoms with Crippen molar-refractivity contribution in [1.82, 2.24) is 0 Å². The maximum absolute atomic E-state index is 2.35. The summed E-state index contributed by atoms with van der Waals surface area (Å²) < 4.78 is 4.71. The van der Waals surface area contributed by atoms with E-state index in [2.05, 4.69) is 69.7 Å². The zero-order valence-electron chi connectivity index (χ0n) is 12.5. The minimum Gasteiger partial charge on any atom is -0.264 e. The Kier molecular flexibility index (Phi) is 3.72. The Bertz CT molecular complexity index is 502. The molecule has 0 atom stereocenters. The molecule has 2 aliphatic heterocycles. The standard InChI is InChI=1S/C16H24N4/c1-3-17-8-10-19(13-17)15-6-5-7-16(12-15)20-11-9-18(4-2)14-20/h5-7,12-14H,3-4,8-11H2,1-2H3/q+2. The summed E-state index contributed by atoms with van der Waals surface area (Å²) in [6.07, 6.45) is 4.48. The van der Waals surface area contributed by atoms with Gasteiger partial charge in [0.05, 0.1) is 13.1 Å². The monoisotopic (exact) mass is 272 g/mol. The van der Waals surface area contributed by atoms with Crippen LogP contribution in [0.5, 0.6) is 0 Å². The quantitative estimate of drug-likeness (QED) is 0.769. The lowest BCUT2D eigenvalue weighted by molar-refractivity contribution is -0.510. The van der Waals surface area contributed by atoms with Crippen LogP contribution in [0, 0.1) is 0 Å². The zero-order chi connectivity index (χ0) is 13.9. The number of rotatable bonds is 4. The molecule has 0 saturated carbocycles. The van der Waals surface area contributed by atoms with E-state index >= 15 is 0 Å². The number of benzene rings is 1. The van der Waals surface area contributed by atoms with E-state index in [-0.39, 0.29) is 0 Å². The van der Waals surface area contributed by atoms with Crippen molar-refractivity contribution in [2.24, 2.45) is 0 Å². The van der Waals surface area contributed by atoms with E-state index < -0.39 is 0 Å². The predicted molar refractivity (Wildman–Crippen MR) is 84.6 cm³/mol. The largest absolute Gasteiger partial charge is 0.264 e. The van der Waals surface area contributed by atoms with Crippen LogP contribution in [0.25, 0.3) is 0 Å². The van der Waals surface area contributed by atoms with Crippen molar-refractivity contribution in [1.29, 1.82) is 0 Å². The summed E-state index contributed by atoms with van der Waals surface area (Å²) in [6.45, 7) is 11.0. The van der Waals surface area contributed by atoms with Crippen LogP contribution in [0.3, 0.4) is 0 Å². The van der Waals surface area contributed by atoms with Crippen LogP contribution in [0.4, 0.5) is 11.4 Å². The Morgan fingerprint density at radius 1 is 0.900 bits per heavy atom. The molecule has 0 unspecified atom stereocenters. The van der Waals surface area contributed by atoms with Crippen LogP contribution in [0.1, 0.15) is 13.8 Å². The molecule has 106 valence electrons. The first-order valence-corrected chi connectivity index (χ1v) is 7.61. The van der Waals surface area contributed by atoms with Gasteiger partial charge in [-0.25, -0.2) is 9.80 Å². The van der Waals surface area contributed by atoms with E-state index in [0.717, 1.165) is 39.3 Å². The van der Waals surface area contributed by atoms with E-state index in [0.29, 0.717) is 0 Å². The number of nitrogens with zero attached hydrogens (tertiary/aromatic N) is 4. The SMILES string of the molecule is CC[N+]1=CN(c2cccc(N3C=[N+](CC)CC3)c2)CC1. The van der Waals surface area contributed by atoms with Crippen LogP contribution in [-0.4, -0.2) is 61.1 Å². The highest BCUT2D eigenvalue weighted by atomic mass is 15.3. The first-order valence-electron chi connectivity index (χ1n) is 7.61. The highest BCUT2D eigenvalue weighted by Gasteiger charge is 2.24. The summed E-state index contributed by atoms with van der Waals surface area (Å²) in [6, 6.07) is 8.86. The maximum Gasteiger partial charge on any atom is 0.239 e. The fourth-order valence-corrected chi connectivity index (χ4v) is 2.82. The second-order valence-electron chi connectivity index (χ2n) is 5.39. The third kappa shape index (κ3) is 2.55. The van der Waals surface area contributed by atoms with Crippen molar-refractivity contribution < 1.29 is 9.15 Å². The van der Waals surface area contributed by atoms with Gasteiger partial charge in [-0.3, -0.25) is 9.15 Å². The van der Waals surface area contributed by atoms with Crippen LogP contribution in [-0.2, 0) is 0 Å². The molecule has 0 aromatic heterocycles. The van der Waals surface area contributed by atoms with Crippen molar-refractivity contribution in [3.8, 4) is 0 Å². The number of hydrogen-bond acceptors (Lipinski definition) is 2. The summed E-state index contributed by atoms with van der Waals surface area (Å²) >= 11 is 0. The second-order valence-corrected chi connectivity index (χ2v) is 5.39. The number of likely N-dealkylation sites (N-methyl/N-ethyl adjacent to an activating group) is 2. The van der Waals surface area contributed by atoms with Crippen LogP contribution < -0.4 is 9.80 Å². The van der Waals surface area contributed by atoms with E-state index in [1.807, 2.05) is 0 Å². The van der Waals surface area contributed by atoms with Crippen molar-refractivity contribution in [3.05, 3.63) is 24.3 Å². The third-order valence-corrected chi connectivity index (χ3v) is 4.17. The second kappa shape index (κ2) is 5.65. The van der Waals surface area contributed by atoms with Crippen molar-refractivity contribution >= 4 is 24.1 Å². The summed E-state index contributed by atoms with van der Waals surface area (Å²) in [5, 5.41) is 0. The average Bonchev–Trinajstić information content (AvgIpc) is 3.16. The van der Waals surface area contributed by atoms with Gasteiger partial charge in [-0.2, -0.15) is 0 Å². The molecule has 0 fully saturated rings. The van der Waals surface area contributed by atoms with Gasteiger partial charge in [-0.1, -0.05) is 6.07 Å². The Morgan fingerprint density at radius 3 is 1.80 bits per heavy atom. The third-order valence-electron chi connectivity index (χ3n) is 4.17. The normalized spacial score (nSPS) is 18.5. The van der Waals surface area contributed by atoms with E-state index in [9.17, 15) is 0 Å². The molecule has 0 spiro atoms. The molecule has 20 heavy (non-hydrogen) atoms. The summed E-state index contributed by atoms with van der Waals surface area (Å²) in [4.78, 5) is 4.70. The van der Waals surface area contributed by atoms with Gasteiger partial charge in [-0.15, -0.1) is 0 Å². The van der Waals surface area contributed by atoms with Gasteiger partial charge < -0.3 is 0 Å². The van der Waals surface area contributed by atoms with Crippen LogP contribution >= 0.6 is 0 Å². The van der Waals surface area contributed by atoms with E-state index in [1.165, 1.54) is 11.4 Å². The van der Waals surface area contributed by atoms with E-state index in [1.54, 1.807) is 0 Å². The molecule has 4 nitrogen and oxygen atoms in total. The lowest BCUT2D eigenvalue weighted by Crippen LogP contribution is -2.21. The van der Waals surface area contributed by atoms with Gasteiger partial charge in [0, 0.05) is 6.07 Å². The molecule has 1 aromatic rings. The highest BCUT2D eigenvalue weighted by molar-refractivity contribution is 5.82. The van der Waals surface area contributed by atoms with Gasteiger partial charge in [0.1, 0.15) is 37.6 Å². The fraction of sp³-hybridized carbons (Fsp3) is 0.500. The van der Waals surface area contributed by atoms with Crippen molar-refractivity contribution in [2.45, 2.75) is 13.8 Å². The number of anilines is 2. The number of hydrogen-bond donors (Lipinski definition) is 0. The fourth-order valence-electron chi connectivity index (χ4n) is 2.82. The molecule has 0 amide bonds. The Morgan fingerprint density at radius 2 is 1.40 bits per heavy atom. The summed E-state index contributed by atoms with van der Waals surface area (Å²) in [5.41, 5.74) is 2.59. The minimum atomic E-state index is 1.08. The molecule has 1 aromatic carbocycles. The lowest BCUT2D eigenvalue weighted by Gasteiger charge is -2.10. The Balaban J connectivity index is 1.80. The van der Waals surface area contributed by atoms with Crippen molar-refractivity contribution in [2.75, 3.05) is 49.1 Å². The Labute approximate surface area is 121 Å². The molecule has 0 radical (unpaired) electrons. The highest BCUT2D eigenvalue weighted by Crippen LogP contribution is 2.23. The first kappa shape index (κ1) is 13.2. The summed E-state index contributed by atoms with van der Waals surface area (Å²) in [5.74, 6) is 0. The average molecular weight is 272 g/mol. The van der Waals surface area contributed by atoms with Crippen LogP contribution in [0.2, 0.25) is 0 Å². The van der Waals surface area contributed by atoms with Gasteiger partial charge in [0.2, 0.25) is 12.7 Å². The minimum absolute atomic E-state index is 1.08. The van der Waals surface area contributed by atoms with Gasteiger partial charge in [-0.05, 0) is 26.0 Å². The molecular weight excluding hydrogens is 248 g/mol. The molecule has 0 aliphatic carbocycles. The van der Waals surface area contributed by atoms with E-state index in [4.69, 9.17) is 0 Å². The van der Waals surface area contributed by atoms with Gasteiger partial charge in [0.25, 0.3) is 0 Å². The first-order chi connectivity index (χ1) is 9.80. The summed E-state index contributed by atoms with van der Waals surface area (Å²) in [7, 11) is 0. The smallest absolute Gasteiger partial charge is 0.239 e.